The van der Waals surface area contributed by atoms with E-state index in [0.29, 0.717) is 0 Å². The van der Waals surface area contributed by atoms with Crippen LogP contribution in [0.5, 0.6) is 0 Å². The Morgan fingerprint density at radius 2 is 1.90 bits per heavy atom. The van der Waals surface area contributed by atoms with Crippen LogP contribution in [0.25, 0.3) is 0 Å². The van der Waals surface area contributed by atoms with Crippen molar-refractivity contribution in [2.75, 3.05) is 0 Å². The number of aromatic nitrogens is 2. The molecule has 0 spiro atoms. The Hall–Kier alpha value is -2.38. The predicted octanol–water partition coefficient (Wildman–Crippen LogP) is -0.477. The van der Waals surface area contributed by atoms with Crippen LogP contribution in [-0.4, -0.2) is 33.5 Å². The Bertz CT molecular complexity index is 623. The number of carbonyl (C=O) groups excluding carboxylic acids is 2. The summed E-state index contributed by atoms with van der Waals surface area (Å²) in [6.07, 6.45) is 0.984. The number of carbonyl (C=O) groups is 2. The summed E-state index contributed by atoms with van der Waals surface area (Å²) in [6, 6.07) is -0.923. The molecule has 0 aromatic carbocycles. The molecule has 8 nitrogen and oxygen atoms in total. The van der Waals surface area contributed by atoms with Crippen molar-refractivity contribution in [1.82, 2.24) is 15.3 Å². The third-order valence-electron chi connectivity index (χ3n) is 2.17. The van der Waals surface area contributed by atoms with Crippen LogP contribution in [-0.2, 0) is 9.53 Å². The van der Waals surface area contributed by atoms with Gasteiger partial charge in [-0.3, -0.25) is 14.6 Å². The molecule has 3 N–H and O–H groups in total. The van der Waals surface area contributed by atoms with Crippen LogP contribution in [0.1, 0.15) is 38.1 Å². The summed E-state index contributed by atoms with van der Waals surface area (Å²) in [7, 11) is 0. The van der Waals surface area contributed by atoms with Crippen molar-refractivity contribution in [3.63, 3.8) is 0 Å². The average molecular weight is 283 g/mol. The van der Waals surface area contributed by atoms with Gasteiger partial charge in [-0.15, -0.1) is 0 Å². The fourth-order valence-electron chi connectivity index (χ4n) is 1.30. The molecule has 1 heterocycles. The molecule has 1 atom stereocenters. The van der Waals surface area contributed by atoms with Crippen LogP contribution in [0.15, 0.2) is 15.8 Å². The molecule has 20 heavy (non-hydrogen) atoms. The average Bonchev–Trinajstić information content (AvgIpc) is 2.26. The quantitative estimate of drug-likeness (QED) is 0.647. The zero-order valence-corrected chi connectivity index (χ0v) is 11.7. The van der Waals surface area contributed by atoms with Gasteiger partial charge in [-0.1, -0.05) is 0 Å². The molecule has 1 rings (SSSR count). The standard InChI is InChI=1S/C12H17N3O5/c1-6(10(18)20-12(2,3)4)14-8(16)7-5-13-11(19)15-9(7)17/h5-6H,1-4H3,(H,14,16)(H2,13,15,17,19)/t6-/m1/s1. The number of hydrogen-bond donors (Lipinski definition) is 3. The van der Waals surface area contributed by atoms with Crippen LogP contribution < -0.4 is 16.6 Å². The summed E-state index contributed by atoms with van der Waals surface area (Å²) >= 11 is 0. The minimum atomic E-state index is -0.923. The first-order valence-corrected chi connectivity index (χ1v) is 5.96. The van der Waals surface area contributed by atoms with E-state index in [4.69, 9.17) is 4.74 Å². The van der Waals surface area contributed by atoms with Crippen LogP contribution in [0.3, 0.4) is 0 Å². The highest BCUT2D eigenvalue weighted by molar-refractivity contribution is 5.96. The predicted molar refractivity (Wildman–Crippen MR) is 70.5 cm³/mol. The zero-order valence-electron chi connectivity index (χ0n) is 11.7. The third kappa shape index (κ3) is 4.38. The summed E-state index contributed by atoms with van der Waals surface area (Å²) in [5.74, 6) is -1.40. The summed E-state index contributed by atoms with van der Waals surface area (Å²) < 4.78 is 5.09. The summed E-state index contributed by atoms with van der Waals surface area (Å²) in [5, 5.41) is 2.32. The van der Waals surface area contributed by atoms with Gasteiger partial charge in [0, 0.05) is 6.20 Å². The monoisotopic (exact) mass is 283 g/mol. The van der Waals surface area contributed by atoms with E-state index in [2.05, 4.69) is 10.3 Å². The van der Waals surface area contributed by atoms with Gasteiger partial charge < -0.3 is 15.0 Å². The molecular weight excluding hydrogens is 266 g/mol. The Morgan fingerprint density at radius 1 is 1.30 bits per heavy atom. The zero-order chi connectivity index (χ0) is 15.5. The van der Waals surface area contributed by atoms with Crippen LogP contribution in [0, 0.1) is 0 Å². The lowest BCUT2D eigenvalue weighted by Gasteiger charge is -2.22. The molecule has 1 aromatic rings. The Balaban J connectivity index is 2.78. The van der Waals surface area contributed by atoms with Crippen molar-refractivity contribution in [2.24, 2.45) is 0 Å². The smallest absolute Gasteiger partial charge is 0.328 e. The Labute approximate surface area is 114 Å². The minimum Gasteiger partial charge on any atom is -0.458 e. The molecule has 1 aromatic heterocycles. The molecule has 0 unspecified atom stereocenters. The van der Waals surface area contributed by atoms with Crippen LogP contribution in [0.2, 0.25) is 0 Å². The van der Waals surface area contributed by atoms with Gasteiger partial charge in [-0.25, -0.2) is 9.59 Å². The molecule has 0 aliphatic carbocycles. The van der Waals surface area contributed by atoms with E-state index in [-0.39, 0.29) is 5.56 Å². The maximum absolute atomic E-state index is 11.8. The lowest BCUT2D eigenvalue weighted by molar-refractivity contribution is -0.156. The lowest BCUT2D eigenvalue weighted by atomic mass is 10.2. The molecule has 1 amide bonds. The van der Waals surface area contributed by atoms with E-state index in [0.717, 1.165) is 6.20 Å². The van der Waals surface area contributed by atoms with Gasteiger partial charge in [0.1, 0.15) is 17.2 Å². The number of rotatable bonds is 3. The molecule has 0 bridgehead atoms. The minimum absolute atomic E-state index is 0.292. The topological polar surface area (TPSA) is 121 Å². The number of esters is 1. The first-order valence-electron chi connectivity index (χ1n) is 5.96. The van der Waals surface area contributed by atoms with E-state index in [1.807, 2.05) is 4.98 Å². The lowest BCUT2D eigenvalue weighted by Crippen LogP contribution is -2.44. The van der Waals surface area contributed by atoms with Crippen molar-refractivity contribution in [1.29, 1.82) is 0 Å². The maximum Gasteiger partial charge on any atom is 0.328 e. The van der Waals surface area contributed by atoms with Crippen LogP contribution in [0.4, 0.5) is 0 Å². The summed E-state index contributed by atoms with van der Waals surface area (Å²) in [5.41, 5.74) is -2.51. The van der Waals surface area contributed by atoms with Gasteiger partial charge >= 0.3 is 11.7 Å². The van der Waals surface area contributed by atoms with Gasteiger partial charge in [0.15, 0.2) is 0 Å². The second-order valence-corrected chi connectivity index (χ2v) is 5.21. The fraction of sp³-hybridized carbons (Fsp3) is 0.500. The maximum atomic E-state index is 11.8. The molecule has 0 saturated carbocycles. The van der Waals surface area contributed by atoms with Gasteiger partial charge in [0.25, 0.3) is 11.5 Å². The SMILES string of the molecule is C[C@@H](NC(=O)c1c[nH]c(=O)[nH]c1=O)C(=O)OC(C)(C)C. The highest BCUT2D eigenvalue weighted by Gasteiger charge is 2.24. The van der Waals surface area contributed by atoms with Gasteiger partial charge in [0.2, 0.25) is 0 Å². The normalized spacial score (nSPS) is 12.6. The van der Waals surface area contributed by atoms with E-state index in [1.165, 1.54) is 6.92 Å². The van der Waals surface area contributed by atoms with Crippen molar-refractivity contribution in [3.05, 3.63) is 32.6 Å². The molecule has 0 radical (unpaired) electrons. The second kappa shape index (κ2) is 5.72. The molecule has 0 saturated heterocycles. The number of amides is 1. The first kappa shape index (κ1) is 15.7. The number of aromatic amines is 2. The van der Waals surface area contributed by atoms with Crippen molar-refractivity contribution in [3.8, 4) is 0 Å². The highest BCUT2D eigenvalue weighted by Crippen LogP contribution is 2.08. The van der Waals surface area contributed by atoms with E-state index < -0.39 is 34.8 Å². The van der Waals surface area contributed by atoms with Crippen molar-refractivity contribution in [2.45, 2.75) is 39.3 Å². The molecular formula is C12H17N3O5. The number of ether oxygens (including phenoxy) is 1. The largest absolute Gasteiger partial charge is 0.458 e. The van der Waals surface area contributed by atoms with E-state index in [1.54, 1.807) is 20.8 Å². The van der Waals surface area contributed by atoms with Gasteiger partial charge in [0.05, 0.1) is 0 Å². The number of hydrogen-bond acceptors (Lipinski definition) is 5. The van der Waals surface area contributed by atoms with Crippen molar-refractivity contribution >= 4 is 11.9 Å². The van der Waals surface area contributed by atoms with Crippen molar-refractivity contribution < 1.29 is 14.3 Å². The van der Waals surface area contributed by atoms with E-state index in [9.17, 15) is 19.2 Å². The summed E-state index contributed by atoms with van der Waals surface area (Å²) in [6.45, 7) is 6.54. The highest BCUT2D eigenvalue weighted by atomic mass is 16.6. The molecule has 0 fully saturated rings. The molecule has 8 heteroatoms. The van der Waals surface area contributed by atoms with Crippen LogP contribution >= 0.6 is 0 Å². The molecule has 0 aliphatic heterocycles. The van der Waals surface area contributed by atoms with Gasteiger partial charge in [-0.2, -0.15) is 0 Å². The van der Waals surface area contributed by atoms with E-state index >= 15 is 0 Å². The summed E-state index contributed by atoms with van der Waals surface area (Å²) in [4.78, 5) is 49.8. The Morgan fingerprint density at radius 3 is 2.40 bits per heavy atom. The fourth-order valence-corrected chi connectivity index (χ4v) is 1.30. The molecule has 110 valence electrons. The van der Waals surface area contributed by atoms with Gasteiger partial charge in [-0.05, 0) is 27.7 Å². The number of nitrogens with one attached hydrogen (secondary N) is 3. The Kier molecular flexibility index (Phi) is 4.49. The number of H-pyrrole nitrogens is 2. The molecule has 0 aliphatic rings. The third-order valence-corrected chi connectivity index (χ3v) is 2.17. The first-order chi connectivity index (χ1) is 9.10. The second-order valence-electron chi connectivity index (χ2n) is 5.21.